The Morgan fingerprint density at radius 2 is 1.60 bits per heavy atom. The Morgan fingerprint density at radius 3 is 2.32 bits per heavy atom. The van der Waals surface area contributed by atoms with Gasteiger partial charge in [-0.25, -0.2) is 4.79 Å². The molecule has 1 heterocycles. The fourth-order valence-electron chi connectivity index (χ4n) is 4.07. The van der Waals surface area contributed by atoms with Crippen molar-refractivity contribution in [1.82, 2.24) is 9.55 Å². The quantitative estimate of drug-likeness (QED) is 0.810. The van der Waals surface area contributed by atoms with Gasteiger partial charge in [0.25, 0.3) is 0 Å². The molecule has 2 aromatic rings. The van der Waals surface area contributed by atoms with Gasteiger partial charge in [0.15, 0.2) is 0 Å². The lowest BCUT2D eigenvalue weighted by Crippen LogP contribution is -2.30. The molecule has 3 heteroatoms. The molecule has 0 unspecified atom stereocenters. The molecule has 2 aliphatic carbocycles. The summed E-state index contributed by atoms with van der Waals surface area (Å²) in [5.41, 5.74) is 4.61. The van der Waals surface area contributed by atoms with Crippen LogP contribution in [0.3, 0.4) is 0 Å². The van der Waals surface area contributed by atoms with Gasteiger partial charge < -0.3 is 0 Å². The minimum absolute atomic E-state index is 0.0402. The highest BCUT2D eigenvalue weighted by Gasteiger charge is 2.25. The lowest BCUT2D eigenvalue weighted by Gasteiger charge is -2.21. The second-order valence-electron chi connectivity index (χ2n) is 7.71. The van der Waals surface area contributed by atoms with Crippen molar-refractivity contribution in [3.63, 3.8) is 0 Å². The monoisotopic (exact) mass is 336 g/mol. The first kappa shape index (κ1) is 16.6. The zero-order valence-electron chi connectivity index (χ0n) is 15.0. The molecule has 1 saturated carbocycles. The van der Waals surface area contributed by atoms with Crippen LogP contribution in [0.5, 0.6) is 0 Å². The van der Waals surface area contributed by atoms with E-state index < -0.39 is 0 Å². The number of hydrogen-bond acceptors (Lipinski definition) is 2. The van der Waals surface area contributed by atoms with Crippen LogP contribution in [0.1, 0.15) is 62.6 Å². The molecule has 0 N–H and O–H groups in total. The number of hydrogen-bond donors (Lipinski definition) is 0. The minimum atomic E-state index is -0.0402. The summed E-state index contributed by atoms with van der Waals surface area (Å²) < 4.78 is 2.03. The summed E-state index contributed by atoms with van der Waals surface area (Å²) >= 11 is 0. The summed E-state index contributed by atoms with van der Waals surface area (Å²) in [5.74, 6) is 0.696. The summed E-state index contributed by atoms with van der Waals surface area (Å²) in [7, 11) is 0. The Hall–Kier alpha value is -1.90. The van der Waals surface area contributed by atoms with Crippen molar-refractivity contribution < 1.29 is 0 Å². The van der Waals surface area contributed by atoms with Crippen molar-refractivity contribution in [2.75, 3.05) is 0 Å². The third kappa shape index (κ3) is 3.86. The zero-order valence-corrected chi connectivity index (χ0v) is 15.0. The molecule has 25 heavy (non-hydrogen) atoms. The molecule has 0 bridgehead atoms. The number of benzene rings is 1. The largest absolute Gasteiger partial charge is 0.348 e. The molecule has 3 nitrogen and oxygen atoms in total. The standard InChI is InChI=1S/C22H28N2O/c25-22-23-21(18-10-6-5-7-11-18)19-12-8-3-1-2-4-9-13-20(19)24(22)16-17-14-15-17/h5-7,10-11,17H,1-4,8-9,12-16H2. The molecule has 0 saturated heterocycles. The zero-order chi connectivity index (χ0) is 17.1. The van der Waals surface area contributed by atoms with Crippen LogP contribution in [0.25, 0.3) is 11.3 Å². The van der Waals surface area contributed by atoms with E-state index in [1.807, 2.05) is 22.8 Å². The maximum Gasteiger partial charge on any atom is 0.348 e. The predicted octanol–water partition coefficient (Wildman–Crippen LogP) is 4.76. The van der Waals surface area contributed by atoms with Gasteiger partial charge in [-0.05, 0) is 50.0 Å². The molecule has 0 atom stereocenters. The predicted molar refractivity (Wildman–Crippen MR) is 102 cm³/mol. The van der Waals surface area contributed by atoms with Gasteiger partial charge in [0, 0.05) is 17.8 Å². The lowest BCUT2D eigenvalue weighted by molar-refractivity contribution is 0.524. The Labute approximate surface area is 150 Å². The number of fused-ring (bicyclic) bond motifs is 1. The normalized spacial score (nSPS) is 18.6. The van der Waals surface area contributed by atoms with Crippen molar-refractivity contribution in [2.45, 2.75) is 70.8 Å². The average molecular weight is 336 g/mol. The minimum Gasteiger partial charge on any atom is -0.296 e. The number of aromatic nitrogens is 2. The lowest BCUT2D eigenvalue weighted by atomic mass is 9.94. The first-order chi connectivity index (χ1) is 12.3. The summed E-state index contributed by atoms with van der Waals surface area (Å²) in [6.45, 7) is 0.878. The molecule has 2 aliphatic rings. The fourth-order valence-corrected chi connectivity index (χ4v) is 4.07. The van der Waals surface area contributed by atoms with Crippen LogP contribution < -0.4 is 5.69 Å². The Morgan fingerprint density at radius 1 is 0.920 bits per heavy atom. The van der Waals surface area contributed by atoms with E-state index in [0.29, 0.717) is 5.92 Å². The van der Waals surface area contributed by atoms with E-state index >= 15 is 0 Å². The van der Waals surface area contributed by atoms with Gasteiger partial charge >= 0.3 is 5.69 Å². The van der Waals surface area contributed by atoms with E-state index in [2.05, 4.69) is 17.1 Å². The average Bonchev–Trinajstić information content (AvgIpc) is 3.46. The summed E-state index contributed by atoms with van der Waals surface area (Å²) in [4.78, 5) is 17.4. The maximum atomic E-state index is 12.9. The van der Waals surface area contributed by atoms with Crippen molar-refractivity contribution in [3.8, 4) is 11.3 Å². The third-order valence-electron chi connectivity index (χ3n) is 5.67. The van der Waals surface area contributed by atoms with Crippen LogP contribution in [-0.2, 0) is 19.4 Å². The van der Waals surface area contributed by atoms with E-state index in [-0.39, 0.29) is 5.69 Å². The molecule has 1 fully saturated rings. The van der Waals surface area contributed by atoms with Gasteiger partial charge in [0.05, 0.1) is 5.69 Å². The van der Waals surface area contributed by atoms with Gasteiger partial charge in [0.1, 0.15) is 0 Å². The van der Waals surface area contributed by atoms with Gasteiger partial charge in [-0.15, -0.1) is 0 Å². The van der Waals surface area contributed by atoms with Gasteiger partial charge in [-0.1, -0.05) is 56.0 Å². The second-order valence-corrected chi connectivity index (χ2v) is 7.71. The van der Waals surface area contributed by atoms with Crippen LogP contribution in [0.15, 0.2) is 35.1 Å². The summed E-state index contributed by atoms with van der Waals surface area (Å²) in [6.07, 6.45) is 12.2. The van der Waals surface area contributed by atoms with Crippen LogP contribution in [0.2, 0.25) is 0 Å². The Bertz CT molecular complexity index is 775. The van der Waals surface area contributed by atoms with Gasteiger partial charge in [-0.2, -0.15) is 4.98 Å². The van der Waals surface area contributed by atoms with Crippen LogP contribution in [0.4, 0.5) is 0 Å². The van der Waals surface area contributed by atoms with Crippen molar-refractivity contribution in [2.24, 2.45) is 5.92 Å². The molecule has 0 spiro atoms. The maximum absolute atomic E-state index is 12.9. The van der Waals surface area contributed by atoms with Crippen LogP contribution in [0, 0.1) is 5.92 Å². The molecular weight excluding hydrogens is 308 g/mol. The highest BCUT2D eigenvalue weighted by atomic mass is 16.1. The summed E-state index contributed by atoms with van der Waals surface area (Å²) in [6, 6.07) is 10.3. The molecule has 4 rings (SSSR count). The smallest absolute Gasteiger partial charge is 0.296 e. The SMILES string of the molecule is O=c1nc(-c2ccccc2)c2c(n1CC1CC1)CCCCCCCC2. The summed E-state index contributed by atoms with van der Waals surface area (Å²) in [5, 5.41) is 0. The molecule has 1 aromatic heterocycles. The number of nitrogens with zero attached hydrogens (tertiary/aromatic N) is 2. The van der Waals surface area contributed by atoms with Crippen LogP contribution in [-0.4, -0.2) is 9.55 Å². The van der Waals surface area contributed by atoms with Gasteiger partial charge in [0.2, 0.25) is 0 Å². The first-order valence-corrected chi connectivity index (χ1v) is 10.0. The molecule has 0 aliphatic heterocycles. The van der Waals surface area contributed by atoms with Crippen molar-refractivity contribution in [3.05, 3.63) is 52.1 Å². The van der Waals surface area contributed by atoms with Crippen LogP contribution >= 0.6 is 0 Å². The second kappa shape index (κ2) is 7.55. The van der Waals surface area contributed by atoms with E-state index in [9.17, 15) is 4.79 Å². The van der Waals surface area contributed by atoms with Gasteiger partial charge in [-0.3, -0.25) is 4.57 Å². The highest BCUT2D eigenvalue weighted by Crippen LogP contribution is 2.32. The topological polar surface area (TPSA) is 34.9 Å². The molecule has 1 aromatic carbocycles. The molecule has 132 valence electrons. The highest BCUT2D eigenvalue weighted by molar-refractivity contribution is 5.63. The van der Waals surface area contributed by atoms with Crippen molar-refractivity contribution in [1.29, 1.82) is 0 Å². The fraction of sp³-hybridized carbons (Fsp3) is 0.545. The molecule has 0 amide bonds. The van der Waals surface area contributed by atoms with Crippen molar-refractivity contribution >= 4 is 0 Å². The van der Waals surface area contributed by atoms with E-state index in [1.54, 1.807) is 0 Å². The Balaban J connectivity index is 1.83. The molecular formula is C22H28N2O. The first-order valence-electron chi connectivity index (χ1n) is 10.0. The van der Waals surface area contributed by atoms with E-state index in [4.69, 9.17) is 0 Å². The molecule has 0 radical (unpaired) electrons. The number of rotatable bonds is 3. The van der Waals surface area contributed by atoms with E-state index in [0.717, 1.165) is 30.6 Å². The third-order valence-corrected chi connectivity index (χ3v) is 5.67. The Kier molecular flexibility index (Phi) is 5.00. The van der Waals surface area contributed by atoms with E-state index in [1.165, 1.54) is 62.6 Å².